The van der Waals surface area contributed by atoms with Crippen molar-refractivity contribution in [3.63, 3.8) is 0 Å². The van der Waals surface area contributed by atoms with Crippen LogP contribution in [0.25, 0.3) is 0 Å². The van der Waals surface area contributed by atoms with Gasteiger partial charge in [0.25, 0.3) is 10.1 Å². The molecular formula is C36H73NaO8S. The molecule has 0 saturated carbocycles. The minimum atomic E-state index is -4.84. The molecule has 0 aromatic heterocycles. The molecule has 272 valence electrons. The van der Waals surface area contributed by atoms with Crippen LogP contribution in [0.3, 0.4) is 0 Å². The van der Waals surface area contributed by atoms with Gasteiger partial charge in [-0.25, -0.2) is 0 Å². The molecule has 0 bridgehead atoms. The molecule has 0 aliphatic carbocycles. The van der Waals surface area contributed by atoms with Crippen LogP contribution in [0.15, 0.2) is 0 Å². The Morgan fingerprint density at radius 2 is 0.739 bits per heavy atom. The summed E-state index contributed by atoms with van der Waals surface area (Å²) < 4.78 is 34.5. The Labute approximate surface area is 306 Å². The zero-order chi connectivity index (χ0) is 33.9. The molecule has 0 fully saturated rings. The topological polar surface area (TPSA) is 138 Å². The van der Waals surface area contributed by atoms with Crippen LogP contribution < -0.4 is 0 Å². The molecule has 46 heavy (non-hydrogen) atoms. The molecule has 0 heterocycles. The summed E-state index contributed by atoms with van der Waals surface area (Å²) >= 11 is 0. The summed E-state index contributed by atoms with van der Waals surface area (Å²) in [6.45, 7) is 6.59. The van der Waals surface area contributed by atoms with Crippen molar-refractivity contribution in [2.24, 2.45) is 0 Å². The first kappa shape index (κ1) is 50.2. The first-order valence-electron chi connectivity index (χ1n) is 18.6. The first-order valence-corrected chi connectivity index (χ1v) is 20.2. The van der Waals surface area contributed by atoms with E-state index in [1.165, 1.54) is 180 Å². The van der Waals surface area contributed by atoms with E-state index < -0.39 is 33.7 Å². The van der Waals surface area contributed by atoms with Crippen LogP contribution >= 0.6 is 0 Å². The maximum absolute atomic E-state index is 10.2. The van der Waals surface area contributed by atoms with Gasteiger partial charge in [0.15, 0.2) is 5.25 Å². The van der Waals surface area contributed by atoms with Gasteiger partial charge in [-0.1, -0.05) is 181 Å². The molecule has 10 heteroatoms. The second-order valence-electron chi connectivity index (χ2n) is 12.7. The Morgan fingerprint density at radius 3 is 0.913 bits per heavy atom. The number of carboxylic acids is 2. The Hall–Kier alpha value is -0.190. The Morgan fingerprint density at radius 1 is 0.500 bits per heavy atom. The van der Waals surface area contributed by atoms with Crippen molar-refractivity contribution in [3.05, 3.63) is 0 Å². The second-order valence-corrected chi connectivity index (χ2v) is 14.3. The SMILES string of the molecule is CCCCCCCCCCCCCCCCOCCCCCCCCCCCCCCCC.O=C(O)CC(C(=O)O)S(=O)(=O)O.[NaH]. The van der Waals surface area contributed by atoms with Crippen LogP contribution in [-0.2, 0) is 24.4 Å². The summed E-state index contributed by atoms with van der Waals surface area (Å²) in [6.07, 6.45) is 38.9. The van der Waals surface area contributed by atoms with Crippen molar-refractivity contribution in [2.75, 3.05) is 13.2 Å². The molecule has 0 aromatic rings. The van der Waals surface area contributed by atoms with Crippen LogP contribution in [0.2, 0.25) is 0 Å². The average molecular weight is 689 g/mol. The predicted molar refractivity (Wildman–Crippen MR) is 194 cm³/mol. The van der Waals surface area contributed by atoms with E-state index >= 15 is 0 Å². The molecule has 3 N–H and O–H groups in total. The molecule has 0 saturated heterocycles. The van der Waals surface area contributed by atoms with Crippen molar-refractivity contribution >= 4 is 51.6 Å². The van der Waals surface area contributed by atoms with Gasteiger partial charge >= 0.3 is 41.5 Å². The number of aliphatic carboxylic acids is 2. The van der Waals surface area contributed by atoms with Crippen molar-refractivity contribution in [3.8, 4) is 0 Å². The molecule has 1 atom stereocenters. The molecule has 0 aromatic carbocycles. The number of ether oxygens (including phenoxy) is 1. The van der Waals surface area contributed by atoms with E-state index in [-0.39, 0.29) is 29.6 Å². The van der Waals surface area contributed by atoms with E-state index in [1.807, 2.05) is 0 Å². The van der Waals surface area contributed by atoms with Gasteiger partial charge in [-0.3, -0.25) is 14.1 Å². The van der Waals surface area contributed by atoms with Crippen LogP contribution in [-0.4, -0.2) is 83.1 Å². The van der Waals surface area contributed by atoms with Gasteiger partial charge in [0, 0.05) is 13.2 Å². The van der Waals surface area contributed by atoms with Crippen molar-refractivity contribution in [2.45, 2.75) is 205 Å². The zero-order valence-electron chi connectivity index (χ0n) is 29.3. The molecule has 0 aliphatic rings. The van der Waals surface area contributed by atoms with Crippen molar-refractivity contribution in [1.29, 1.82) is 0 Å². The Bertz CT molecular complexity index is 718. The van der Waals surface area contributed by atoms with Crippen molar-refractivity contribution in [1.82, 2.24) is 0 Å². The van der Waals surface area contributed by atoms with Crippen LogP contribution in [0, 0.1) is 0 Å². The van der Waals surface area contributed by atoms with Gasteiger partial charge in [0.2, 0.25) is 0 Å². The Kier molecular flexibility index (Phi) is 42.8. The monoisotopic (exact) mass is 688 g/mol. The quantitative estimate of drug-likeness (QED) is 0.0345. The van der Waals surface area contributed by atoms with Gasteiger partial charge in [0.05, 0.1) is 6.42 Å². The fourth-order valence-electron chi connectivity index (χ4n) is 5.38. The van der Waals surface area contributed by atoms with Gasteiger partial charge in [-0.05, 0) is 12.8 Å². The maximum atomic E-state index is 10.2. The average Bonchev–Trinajstić information content (AvgIpc) is 2.98. The molecule has 0 aliphatic heterocycles. The van der Waals surface area contributed by atoms with Crippen LogP contribution in [0.4, 0.5) is 0 Å². The fraction of sp³-hybridized carbons (Fsp3) is 0.944. The third kappa shape index (κ3) is 41.8. The number of hydrogen-bond acceptors (Lipinski definition) is 5. The van der Waals surface area contributed by atoms with E-state index in [0.29, 0.717) is 0 Å². The number of unbranched alkanes of at least 4 members (excludes halogenated alkanes) is 26. The second kappa shape index (κ2) is 39.3. The summed E-state index contributed by atoms with van der Waals surface area (Å²) in [7, 11) is -4.84. The summed E-state index contributed by atoms with van der Waals surface area (Å²) in [6, 6.07) is 0. The summed E-state index contributed by atoms with van der Waals surface area (Å²) in [5.41, 5.74) is 0. The normalized spacial score (nSPS) is 11.8. The van der Waals surface area contributed by atoms with Gasteiger partial charge in [-0.15, -0.1) is 0 Å². The number of hydrogen-bond donors (Lipinski definition) is 3. The van der Waals surface area contributed by atoms with Crippen molar-refractivity contribution < 1.29 is 37.5 Å². The summed E-state index contributed by atoms with van der Waals surface area (Å²) in [5, 5.41) is 13.9. The molecular weight excluding hydrogens is 615 g/mol. The van der Waals surface area contributed by atoms with E-state index in [9.17, 15) is 18.0 Å². The third-order valence-electron chi connectivity index (χ3n) is 8.28. The molecule has 1 unspecified atom stereocenters. The number of carboxylic acid groups (broad SMARTS) is 2. The zero-order valence-corrected chi connectivity index (χ0v) is 30.1. The van der Waals surface area contributed by atoms with E-state index in [1.54, 1.807) is 0 Å². The van der Waals surface area contributed by atoms with Gasteiger partial charge in [0.1, 0.15) is 0 Å². The van der Waals surface area contributed by atoms with Crippen LogP contribution in [0.5, 0.6) is 0 Å². The van der Waals surface area contributed by atoms with Crippen LogP contribution in [0.1, 0.15) is 200 Å². The first-order chi connectivity index (χ1) is 21.7. The molecule has 0 radical (unpaired) electrons. The third-order valence-corrected chi connectivity index (χ3v) is 9.37. The van der Waals surface area contributed by atoms with E-state index in [4.69, 9.17) is 19.5 Å². The minimum absolute atomic E-state index is 0. The molecule has 0 rings (SSSR count). The van der Waals surface area contributed by atoms with E-state index in [0.717, 1.165) is 13.2 Å². The Balaban J connectivity index is -0.00000120. The van der Waals surface area contributed by atoms with E-state index in [2.05, 4.69) is 13.8 Å². The predicted octanol–water partition coefficient (Wildman–Crippen LogP) is 10.1. The number of rotatable bonds is 34. The molecule has 0 spiro atoms. The standard InChI is InChI=1S/C32H66O.C4H6O7S.Na.H/c1-3-5-7-9-11-13-15-17-19-21-23-25-27-29-31-33-32-30-28-26-24-22-20-18-16-14-12-10-8-6-4-2;5-3(6)1-2(4(7)8)12(9,10)11;;/h3-32H2,1-2H3;2H,1H2,(H,5,6)(H,7,8)(H,9,10,11);;. The van der Waals surface area contributed by atoms with Gasteiger partial charge < -0.3 is 14.9 Å². The summed E-state index contributed by atoms with van der Waals surface area (Å²) in [5.74, 6) is -3.50. The molecule has 8 nitrogen and oxygen atoms in total. The molecule has 0 amide bonds. The van der Waals surface area contributed by atoms with Gasteiger partial charge in [-0.2, -0.15) is 8.42 Å². The summed E-state index contributed by atoms with van der Waals surface area (Å²) in [4.78, 5) is 20.0. The fourth-order valence-corrected chi connectivity index (χ4v) is 5.99. The number of carbonyl (C=O) groups is 2.